The number of hydrogen-bond acceptors (Lipinski definition) is 9. The molecule has 3 aromatic heterocycles. The number of benzene rings is 1. The lowest BCUT2D eigenvalue weighted by molar-refractivity contribution is -0.137. The molecule has 1 saturated carbocycles. The summed E-state index contributed by atoms with van der Waals surface area (Å²) >= 11 is 0. The number of aliphatic carboxylic acids is 1. The summed E-state index contributed by atoms with van der Waals surface area (Å²) in [5.41, 5.74) is 4.25. The van der Waals surface area contributed by atoms with Crippen molar-refractivity contribution in [3.63, 3.8) is 0 Å². The smallest absolute Gasteiger partial charge is 0.304 e. The number of pyridine rings is 2. The van der Waals surface area contributed by atoms with Crippen LogP contribution >= 0.6 is 0 Å². The molecule has 6 rings (SSSR count). The van der Waals surface area contributed by atoms with Gasteiger partial charge in [-0.2, -0.15) is 9.29 Å². The molecule has 0 bridgehead atoms. The van der Waals surface area contributed by atoms with Crippen LogP contribution in [-0.2, 0) is 26.1 Å². The number of ether oxygens (including phenoxy) is 2. The zero-order valence-electron chi connectivity index (χ0n) is 26.9. The predicted octanol–water partition coefficient (Wildman–Crippen LogP) is 4.24. The Bertz CT molecular complexity index is 1900. The lowest BCUT2D eigenvalue weighted by Gasteiger charge is -2.25. The summed E-state index contributed by atoms with van der Waals surface area (Å²) < 4.78 is 43.3. The number of aryl methyl sites for hydroxylation is 3. The van der Waals surface area contributed by atoms with Gasteiger partial charge in [0.25, 0.3) is 0 Å². The molecule has 2 aliphatic rings. The van der Waals surface area contributed by atoms with Gasteiger partial charge < -0.3 is 19.5 Å². The molecule has 13 heteroatoms. The summed E-state index contributed by atoms with van der Waals surface area (Å²) in [4.78, 5) is 18.8. The number of hydrogen-bond donors (Lipinski definition) is 1. The number of carboxylic acid groups (broad SMARTS) is 1. The van der Waals surface area contributed by atoms with E-state index in [0.717, 1.165) is 52.9 Å². The van der Waals surface area contributed by atoms with Crippen LogP contribution in [0.2, 0.25) is 0 Å². The summed E-state index contributed by atoms with van der Waals surface area (Å²) in [5.74, 6) is 0.117. The minimum absolute atomic E-state index is 0.0513. The molecule has 1 N–H and O–H groups in total. The molecular formula is C33H40N6O6S. The van der Waals surface area contributed by atoms with Crippen molar-refractivity contribution >= 4 is 27.5 Å². The van der Waals surface area contributed by atoms with E-state index in [2.05, 4.69) is 15.2 Å². The van der Waals surface area contributed by atoms with E-state index in [1.165, 1.54) is 4.31 Å². The number of sulfonamides is 1. The lowest BCUT2D eigenvalue weighted by atomic mass is 9.85. The molecule has 0 radical (unpaired) electrons. The Labute approximate surface area is 269 Å². The van der Waals surface area contributed by atoms with E-state index in [0.29, 0.717) is 24.6 Å². The molecule has 0 unspecified atom stereocenters. The molecule has 12 nitrogen and oxygen atoms in total. The predicted molar refractivity (Wildman–Crippen MR) is 172 cm³/mol. The average molecular weight is 649 g/mol. The fourth-order valence-corrected chi connectivity index (χ4v) is 7.76. The van der Waals surface area contributed by atoms with Crippen molar-refractivity contribution in [2.45, 2.75) is 69.4 Å². The first-order valence-corrected chi connectivity index (χ1v) is 16.9. The van der Waals surface area contributed by atoms with Gasteiger partial charge in [0.05, 0.1) is 13.0 Å². The number of carboxylic acids is 1. The van der Waals surface area contributed by atoms with Gasteiger partial charge in [-0.25, -0.2) is 8.42 Å². The van der Waals surface area contributed by atoms with Crippen LogP contribution in [0.25, 0.3) is 5.65 Å². The molecule has 1 aliphatic carbocycles. The Morgan fingerprint density at radius 3 is 2.65 bits per heavy atom. The fraction of sp³-hybridized carbons (Fsp3) is 0.455. The van der Waals surface area contributed by atoms with Crippen LogP contribution in [-0.4, -0.2) is 82.8 Å². The molecule has 46 heavy (non-hydrogen) atoms. The summed E-state index contributed by atoms with van der Waals surface area (Å²) in [7, 11) is -0.394. The van der Waals surface area contributed by atoms with Gasteiger partial charge in [-0.05, 0) is 86.1 Å². The van der Waals surface area contributed by atoms with Gasteiger partial charge in [-0.1, -0.05) is 18.2 Å². The number of carbonyl (C=O) groups is 1. The first-order valence-electron chi connectivity index (χ1n) is 15.4. The Hall–Kier alpha value is -4.07. The lowest BCUT2D eigenvalue weighted by Crippen LogP contribution is -2.38. The monoisotopic (exact) mass is 648 g/mol. The minimum Gasteiger partial charge on any atom is -0.481 e. The van der Waals surface area contributed by atoms with Crippen LogP contribution in [0, 0.1) is 20.8 Å². The molecule has 4 aromatic rings. The second-order valence-corrected chi connectivity index (χ2v) is 14.4. The molecule has 1 aromatic carbocycles. The molecule has 4 heterocycles. The third-order valence-electron chi connectivity index (χ3n) is 9.16. The summed E-state index contributed by atoms with van der Waals surface area (Å²) in [6.07, 6.45) is 4.01. The van der Waals surface area contributed by atoms with Gasteiger partial charge in [-0.15, -0.1) is 10.2 Å². The second kappa shape index (κ2) is 12.3. The standard InChI is InChI=1S/C33H40N6O6S/c1-21-7-8-24(27(18-30(40)41)26-11-15-39-23(3)35-36-31(39)22(26)2)17-25(21)19-38-20-33(12-13-33)45-32-28(46(38,42)43)9-10-29(34-32)37(4)14-6-16-44-5/h7-11,15,17,27H,6,12-14,16,18-20H2,1-5H3,(H,40,41)/t27-/m0/s1. The van der Waals surface area contributed by atoms with Crippen molar-refractivity contribution in [1.82, 2.24) is 23.9 Å². The van der Waals surface area contributed by atoms with Gasteiger partial charge in [0.2, 0.25) is 15.9 Å². The van der Waals surface area contributed by atoms with E-state index in [1.54, 1.807) is 19.2 Å². The van der Waals surface area contributed by atoms with E-state index in [-0.39, 0.29) is 30.3 Å². The third kappa shape index (κ3) is 6.06. The van der Waals surface area contributed by atoms with E-state index in [9.17, 15) is 18.3 Å². The van der Waals surface area contributed by atoms with Crippen LogP contribution in [0.1, 0.15) is 65.2 Å². The van der Waals surface area contributed by atoms with E-state index in [4.69, 9.17) is 9.47 Å². The van der Waals surface area contributed by atoms with Crippen LogP contribution in [0.15, 0.2) is 47.5 Å². The topological polar surface area (TPSA) is 139 Å². The van der Waals surface area contributed by atoms with Gasteiger partial charge in [0.15, 0.2) is 5.65 Å². The molecule has 0 amide bonds. The zero-order valence-corrected chi connectivity index (χ0v) is 27.7. The van der Waals surface area contributed by atoms with Crippen LogP contribution in [0.3, 0.4) is 0 Å². The molecule has 1 atom stereocenters. The van der Waals surface area contributed by atoms with Crippen molar-refractivity contribution in [2.75, 3.05) is 38.8 Å². The van der Waals surface area contributed by atoms with E-state index >= 15 is 0 Å². The van der Waals surface area contributed by atoms with Crippen molar-refractivity contribution in [1.29, 1.82) is 0 Å². The maximum atomic E-state index is 14.2. The number of aromatic nitrogens is 4. The van der Waals surface area contributed by atoms with Crippen LogP contribution in [0.4, 0.5) is 5.82 Å². The Morgan fingerprint density at radius 2 is 1.93 bits per heavy atom. The Balaban J connectivity index is 1.34. The summed E-state index contributed by atoms with van der Waals surface area (Å²) in [6, 6.07) is 11.0. The molecule has 0 saturated heterocycles. The molecule has 1 aliphatic heterocycles. The number of nitrogens with zero attached hydrogens (tertiary/aromatic N) is 6. The first kappa shape index (κ1) is 31.9. The fourth-order valence-electron chi connectivity index (χ4n) is 6.22. The second-order valence-electron chi connectivity index (χ2n) is 12.5. The first-order chi connectivity index (χ1) is 21.9. The SMILES string of the molecule is COCCCN(C)c1ccc2c(n1)OC1(CC1)CN(Cc1cc([C@H](CC(=O)O)c3ccn4c(C)nnc4c3C)ccc1C)S2(=O)=O. The maximum absolute atomic E-state index is 14.2. The average Bonchev–Trinajstić information content (AvgIpc) is 3.68. The number of methoxy groups -OCH3 is 1. The highest BCUT2D eigenvalue weighted by Crippen LogP contribution is 2.46. The minimum atomic E-state index is -3.97. The molecular weight excluding hydrogens is 608 g/mol. The van der Waals surface area contributed by atoms with Gasteiger partial charge >= 0.3 is 5.97 Å². The quantitative estimate of drug-likeness (QED) is 0.235. The normalized spacial score (nSPS) is 17.3. The number of anilines is 1. The highest BCUT2D eigenvalue weighted by atomic mass is 32.2. The summed E-state index contributed by atoms with van der Waals surface area (Å²) in [5, 5.41) is 18.4. The largest absolute Gasteiger partial charge is 0.481 e. The van der Waals surface area contributed by atoms with E-state index in [1.807, 2.05) is 67.6 Å². The van der Waals surface area contributed by atoms with Crippen molar-refractivity contribution in [3.05, 3.63) is 76.2 Å². The number of rotatable bonds is 11. The van der Waals surface area contributed by atoms with Crippen molar-refractivity contribution in [2.24, 2.45) is 0 Å². The third-order valence-corrected chi connectivity index (χ3v) is 11.0. The molecule has 1 fully saturated rings. The number of fused-ring (bicyclic) bond motifs is 2. The van der Waals surface area contributed by atoms with Crippen molar-refractivity contribution in [3.8, 4) is 5.88 Å². The van der Waals surface area contributed by atoms with E-state index < -0.39 is 27.5 Å². The van der Waals surface area contributed by atoms with Crippen LogP contribution in [0.5, 0.6) is 5.88 Å². The van der Waals surface area contributed by atoms with Gasteiger partial charge in [0.1, 0.15) is 22.1 Å². The highest BCUT2D eigenvalue weighted by molar-refractivity contribution is 7.89. The molecule has 244 valence electrons. The zero-order chi connectivity index (χ0) is 32.8. The maximum Gasteiger partial charge on any atom is 0.304 e. The molecule has 1 spiro atoms. The van der Waals surface area contributed by atoms with Gasteiger partial charge in [-0.3, -0.25) is 9.20 Å². The van der Waals surface area contributed by atoms with Gasteiger partial charge in [0, 0.05) is 46.0 Å². The Kier molecular flexibility index (Phi) is 8.51. The summed E-state index contributed by atoms with van der Waals surface area (Å²) in [6.45, 7) is 7.37. The Morgan fingerprint density at radius 1 is 1.15 bits per heavy atom. The van der Waals surface area contributed by atoms with Crippen molar-refractivity contribution < 1.29 is 27.8 Å². The highest BCUT2D eigenvalue weighted by Gasteiger charge is 2.52. The van der Waals surface area contributed by atoms with Crippen LogP contribution < -0.4 is 9.64 Å².